The number of fused-ring (bicyclic) bond motifs is 1. The number of benzene rings is 1. The molecule has 4 nitrogen and oxygen atoms in total. The molecule has 0 fully saturated rings. The molecule has 2 aromatic rings. The Morgan fingerprint density at radius 1 is 1.43 bits per heavy atom. The minimum atomic E-state index is -1.27. The summed E-state index contributed by atoms with van der Waals surface area (Å²) >= 11 is 0. The highest BCUT2D eigenvalue weighted by molar-refractivity contribution is 5.97. The van der Waals surface area contributed by atoms with Crippen LogP contribution in [0.15, 0.2) is 22.6 Å². The molecule has 0 radical (unpaired) electrons. The van der Waals surface area contributed by atoms with Gasteiger partial charge in [0, 0.05) is 0 Å². The highest BCUT2D eigenvalue weighted by Gasteiger charge is 2.18. The van der Waals surface area contributed by atoms with E-state index in [1.165, 1.54) is 0 Å². The third kappa shape index (κ3) is 1.12. The van der Waals surface area contributed by atoms with Gasteiger partial charge in [-0.05, 0) is 24.6 Å². The highest BCUT2D eigenvalue weighted by atomic mass is 16.4. The number of furan rings is 1. The summed E-state index contributed by atoms with van der Waals surface area (Å²) in [5.74, 6) is -1.99. The van der Waals surface area contributed by atoms with Gasteiger partial charge in [-0.3, -0.25) is 0 Å². The van der Waals surface area contributed by atoms with E-state index in [9.17, 15) is 9.90 Å². The third-order valence-electron chi connectivity index (χ3n) is 2.01. The van der Waals surface area contributed by atoms with Gasteiger partial charge < -0.3 is 14.6 Å². The van der Waals surface area contributed by atoms with Crippen molar-refractivity contribution in [1.82, 2.24) is 0 Å². The van der Waals surface area contributed by atoms with Crippen LogP contribution in [0.1, 0.15) is 16.1 Å². The SMILES string of the molecule is Cc1ccc2c(O)c(C(=O)O)oc2c1. The van der Waals surface area contributed by atoms with Crippen molar-refractivity contribution in [3.63, 3.8) is 0 Å². The smallest absolute Gasteiger partial charge is 0.375 e. The van der Waals surface area contributed by atoms with E-state index in [2.05, 4.69) is 0 Å². The molecular formula is C10H8O4. The fourth-order valence-corrected chi connectivity index (χ4v) is 1.34. The molecule has 1 aromatic heterocycles. The Morgan fingerprint density at radius 3 is 2.79 bits per heavy atom. The first-order valence-electron chi connectivity index (χ1n) is 4.05. The predicted octanol–water partition coefficient (Wildman–Crippen LogP) is 2.15. The first-order valence-corrected chi connectivity index (χ1v) is 4.05. The number of hydrogen-bond acceptors (Lipinski definition) is 3. The molecule has 0 bridgehead atoms. The van der Waals surface area contributed by atoms with Crippen molar-refractivity contribution in [3.05, 3.63) is 29.5 Å². The Hall–Kier alpha value is -1.97. The van der Waals surface area contributed by atoms with Crippen molar-refractivity contribution in [2.24, 2.45) is 0 Å². The molecule has 0 atom stereocenters. The molecule has 14 heavy (non-hydrogen) atoms. The quantitative estimate of drug-likeness (QED) is 0.726. The van der Waals surface area contributed by atoms with Crippen LogP contribution in [0.4, 0.5) is 0 Å². The molecule has 2 N–H and O–H groups in total. The maximum Gasteiger partial charge on any atom is 0.375 e. The zero-order chi connectivity index (χ0) is 10.3. The zero-order valence-electron chi connectivity index (χ0n) is 7.44. The summed E-state index contributed by atoms with van der Waals surface area (Å²) in [5, 5.41) is 18.6. The normalized spacial score (nSPS) is 10.6. The molecule has 0 spiro atoms. The molecule has 0 saturated carbocycles. The van der Waals surface area contributed by atoms with E-state index >= 15 is 0 Å². The molecule has 0 saturated heterocycles. The van der Waals surface area contributed by atoms with Crippen molar-refractivity contribution < 1.29 is 19.4 Å². The lowest BCUT2D eigenvalue weighted by Crippen LogP contribution is -1.92. The van der Waals surface area contributed by atoms with E-state index in [-0.39, 0.29) is 5.75 Å². The molecule has 2 rings (SSSR count). The largest absolute Gasteiger partial charge is 0.504 e. The summed E-state index contributed by atoms with van der Waals surface area (Å²) in [4.78, 5) is 10.6. The minimum absolute atomic E-state index is 0.312. The van der Waals surface area contributed by atoms with Gasteiger partial charge in [0.25, 0.3) is 5.76 Å². The number of aromatic hydroxyl groups is 1. The second kappa shape index (κ2) is 2.77. The Labute approximate surface area is 79.4 Å². The predicted molar refractivity (Wildman–Crippen MR) is 49.6 cm³/mol. The number of hydrogen-bond donors (Lipinski definition) is 2. The fraction of sp³-hybridized carbons (Fsp3) is 0.100. The maximum atomic E-state index is 10.6. The summed E-state index contributed by atoms with van der Waals surface area (Å²) in [6.07, 6.45) is 0. The molecule has 1 heterocycles. The number of carbonyl (C=O) groups is 1. The first kappa shape index (κ1) is 8.62. The molecule has 4 heteroatoms. The second-order valence-corrected chi connectivity index (χ2v) is 3.08. The minimum Gasteiger partial charge on any atom is -0.504 e. The Kier molecular flexibility index (Phi) is 1.70. The summed E-state index contributed by atoms with van der Waals surface area (Å²) in [6.45, 7) is 1.86. The molecule has 0 unspecified atom stereocenters. The Balaban J connectivity index is 2.79. The number of carboxylic acids is 1. The summed E-state index contributed by atoms with van der Waals surface area (Å²) in [7, 11) is 0. The van der Waals surface area contributed by atoms with Gasteiger partial charge in [0.15, 0.2) is 5.75 Å². The van der Waals surface area contributed by atoms with Crippen molar-refractivity contribution in [1.29, 1.82) is 0 Å². The molecule has 0 amide bonds. The number of aryl methyl sites for hydroxylation is 1. The molecular weight excluding hydrogens is 184 g/mol. The average Bonchev–Trinajstić information content (AvgIpc) is 2.43. The molecule has 0 aliphatic rings. The van der Waals surface area contributed by atoms with Gasteiger partial charge in [0.2, 0.25) is 0 Å². The standard InChI is InChI=1S/C10H8O4/c1-5-2-3-6-7(4-5)14-9(8(6)11)10(12)13/h2-4,11H,1H3,(H,12,13). The van der Waals surface area contributed by atoms with Gasteiger partial charge in [0.1, 0.15) is 5.58 Å². The lowest BCUT2D eigenvalue weighted by molar-refractivity contribution is 0.0660. The number of aromatic carboxylic acids is 1. The van der Waals surface area contributed by atoms with Gasteiger partial charge >= 0.3 is 5.97 Å². The molecule has 0 aliphatic heterocycles. The first-order chi connectivity index (χ1) is 6.59. The van der Waals surface area contributed by atoms with Crippen LogP contribution in [0, 0.1) is 6.92 Å². The lowest BCUT2D eigenvalue weighted by atomic mass is 10.2. The van der Waals surface area contributed by atoms with Crippen molar-refractivity contribution in [2.45, 2.75) is 6.92 Å². The van der Waals surface area contributed by atoms with Crippen LogP contribution in [-0.2, 0) is 0 Å². The van der Waals surface area contributed by atoms with Crippen LogP contribution in [-0.4, -0.2) is 16.2 Å². The van der Waals surface area contributed by atoms with E-state index in [0.29, 0.717) is 11.0 Å². The van der Waals surface area contributed by atoms with E-state index < -0.39 is 11.7 Å². The number of rotatable bonds is 1. The van der Waals surface area contributed by atoms with Gasteiger partial charge in [0.05, 0.1) is 5.39 Å². The second-order valence-electron chi connectivity index (χ2n) is 3.08. The van der Waals surface area contributed by atoms with Crippen LogP contribution >= 0.6 is 0 Å². The third-order valence-corrected chi connectivity index (χ3v) is 2.01. The molecule has 1 aromatic carbocycles. The Bertz CT molecular complexity index is 510. The van der Waals surface area contributed by atoms with Crippen LogP contribution in [0.2, 0.25) is 0 Å². The topological polar surface area (TPSA) is 70.7 Å². The van der Waals surface area contributed by atoms with E-state index in [4.69, 9.17) is 9.52 Å². The fourth-order valence-electron chi connectivity index (χ4n) is 1.34. The monoisotopic (exact) mass is 192 g/mol. The molecule has 72 valence electrons. The summed E-state index contributed by atoms with van der Waals surface area (Å²) in [5.41, 5.74) is 1.34. The van der Waals surface area contributed by atoms with Gasteiger partial charge in [-0.25, -0.2) is 4.79 Å². The lowest BCUT2D eigenvalue weighted by Gasteiger charge is -1.90. The molecule has 0 aliphatic carbocycles. The van der Waals surface area contributed by atoms with Gasteiger partial charge in [-0.2, -0.15) is 0 Å². The highest BCUT2D eigenvalue weighted by Crippen LogP contribution is 2.32. The summed E-state index contributed by atoms with van der Waals surface area (Å²) in [6, 6.07) is 5.10. The van der Waals surface area contributed by atoms with E-state index in [0.717, 1.165) is 5.56 Å². The van der Waals surface area contributed by atoms with Crippen molar-refractivity contribution in [3.8, 4) is 5.75 Å². The average molecular weight is 192 g/mol. The van der Waals surface area contributed by atoms with E-state index in [1.54, 1.807) is 18.2 Å². The Morgan fingerprint density at radius 2 is 2.14 bits per heavy atom. The maximum absolute atomic E-state index is 10.6. The van der Waals surface area contributed by atoms with Gasteiger partial charge in [-0.1, -0.05) is 6.07 Å². The van der Waals surface area contributed by atoms with Crippen molar-refractivity contribution >= 4 is 16.9 Å². The van der Waals surface area contributed by atoms with E-state index in [1.807, 2.05) is 6.92 Å². The van der Waals surface area contributed by atoms with Crippen LogP contribution < -0.4 is 0 Å². The van der Waals surface area contributed by atoms with Crippen LogP contribution in [0.3, 0.4) is 0 Å². The van der Waals surface area contributed by atoms with Crippen LogP contribution in [0.5, 0.6) is 5.75 Å². The van der Waals surface area contributed by atoms with Crippen molar-refractivity contribution in [2.75, 3.05) is 0 Å². The van der Waals surface area contributed by atoms with Crippen LogP contribution in [0.25, 0.3) is 11.0 Å². The summed E-state index contributed by atoms with van der Waals surface area (Å²) < 4.78 is 4.99. The van der Waals surface area contributed by atoms with Gasteiger partial charge in [-0.15, -0.1) is 0 Å². The zero-order valence-corrected chi connectivity index (χ0v) is 7.44. The number of carboxylic acid groups (broad SMARTS) is 1.